The molecule has 2 aromatic carbocycles. The number of nitrogens with two attached hydrogens (primary N) is 1. The fraction of sp³-hybridized carbons (Fsp3) is 0.0667. The molecule has 0 bridgehead atoms. The summed E-state index contributed by atoms with van der Waals surface area (Å²) in [7, 11) is 0. The summed E-state index contributed by atoms with van der Waals surface area (Å²) in [6.45, 7) is 1.96. The van der Waals surface area contributed by atoms with Gasteiger partial charge < -0.3 is 10.3 Å². The fourth-order valence-electron chi connectivity index (χ4n) is 1.96. The van der Waals surface area contributed by atoms with Gasteiger partial charge in [-0.2, -0.15) is 4.98 Å². The van der Waals surface area contributed by atoms with Crippen molar-refractivity contribution < 1.29 is 4.52 Å². The molecule has 6 heteroatoms. The number of nitrogen functional groups attached to an aromatic ring is 1. The first-order chi connectivity index (χ1) is 10.0. The third kappa shape index (κ3) is 2.73. The third-order valence-corrected chi connectivity index (χ3v) is 3.83. The first-order valence-electron chi connectivity index (χ1n) is 6.20. The Labute approximate surface area is 131 Å². The summed E-state index contributed by atoms with van der Waals surface area (Å²) in [6.07, 6.45) is 0. The Morgan fingerprint density at radius 1 is 1.05 bits per heavy atom. The molecule has 0 saturated carbocycles. The average Bonchev–Trinajstić information content (AvgIpc) is 2.94. The lowest BCUT2D eigenvalue weighted by atomic mass is 10.1. The molecule has 0 radical (unpaired) electrons. The molecule has 106 valence electrons. The number of aryl methyl sites for hydroxylation is 1. The number of rotatable bonds is 2. The molecule has 0 fully saturated rings. The number of aromatic nitrogens is 2. The van der Waals surface area contributed by atoms with Crippen molar-refractivity contribution in [2.24, 2.45) is 0 Å². The molecule has 0 aliphatic rings. The first-order valence-corrected chi connectivity index (χ1v) is 6.96. The zero-order chi connectivity index (χ0) is 15.0. The molecule has 3 rings (SSSR count). The fourth-order valence-corrected chi connectivity index (χ4v) is 2.25. The minimum Gasteiger partial charge on any atom is -0.399 e. The normalized spacial score (nSPS) is 10.8. The van der Waals surface area contributed by atoms with Crippen LogP contribution in [0.25, 0.3) is 22.8 Å². The van der Waals surface area contributed by atoms with E-state index in [9.17, 15) is 0 Å². The average molecular weight is 320 g/mol. The van der Waals surface area contributed by atoms with Crippen LogP contribution in [0.2, 0.25) is 10.0 Å². The number of hydrogen-bond donors (Lipinski definition) is 1. The standard InChI is InChI=1S/C15H11Cl2N3O/c1-8-2-4-10(18)7-11(8)15-19-14(20-21-15)9-3-5-12(16)13(17)6-9/h2-7H,18H2,1H3. The molecule has 0 amide bonds. The molecule has 0 saturated heterocycles. The molecule has 0 atom stereocenters. The number of nitrogens with zero attached hydrogens (tertiary/aromatic N) is 2. The molecular formula is C15H11Cl2N3O. The quantitative estimate of drug-likeness (QED) is 0.701. The van der Waals surface area contributed by atoms with E-state index in [1.54, 1.807) is 18.2 Å². The van der Waals surface area contributed by atoms with E-state index in [1.807, 2.05) is 25.1 Å². The van der Waals surface area contributed by atoms with Crippen molar-refractivity contribution in [1.82, 2.24) is 10.1 Å². The number of anilines is 1. The second-order valence-electron chi connectivity index (χ2n) is 4.63. The van der Waals surface area contributed by atoms with E-state index < -0.39 is 0 Å². The number of hydrogen-bond acceptors (Lipinski definition) is 4. The van der Waals surface area contributed by atoms with Crippen LogP contribution >= 0.6 is 23.2 Å². The first kappa shape index (κ1) is 13.9. The van der Waals surface area contributed by atoms with Gasteiger partial charge in [-0.3, -0.25) is 0 Å². The van der Waals surface area contributed by atoms with Crippen molar-refractivity contribution in [3.8, 4) is 22.8 Å². The molecule has 0 aliphatic carbocycles. The Morgan fingerprint density at radius 2 is 1.86 bits per heavy atom. The summed E-state index contributed by atoms with van der Waals surface area (Å²) in [5, 5.41) is 4.90. The molecule has 1 aromatic heterocycles. The van der Waals surface area contributed by atoms with Crippen molar-refractivity contribution in [3.63, 3.8) is 0 Å². The van der Waals surface area contributed by atoms with E-state index in [1.165, 1.54) is 0 Å². The van der Waals surface area contributed by atoms with Gasteiger partial charge in [0.05, 0.1) is 10.0 Å². The Kier molecular flexibility index (Phi) is 3.57. The predicted octanol–water partition coefficient (Wildman–Crippen LogP) is 4.60. The Bertz CT molecular complexity index is 814. The van der Waals surface area contributed by atoms with E-state index in [0.29, 0.717) is 27.4 Å². The maximum absolute atomic E-state index is 6.00. The van der Waals surface area contributed by atoms with Gasteiger partial charge in [0.15, 0.2) is 0 Å². The van der Waals surface area contributed by atoms with Gasteiger partial charge in [0.2, 0.25) is 5.82 Å². The van der Waals surface area contributed by atoms with Crippen LogP contribution in [0.1, 0.15) is 5.56 Å². The van der Waals surface area contributed by atoms with Gasteiger partial charge >= 0.3 is 0 Å². The van der Waals surface area contributed by atoms with Gasteiger partial charge in [0, 0.05) is 16.8 Å². The maximum atomic E-state index is 6.00. The molecule has 1 heterocycles. The summed E-state index contributed by atoms with van der Waals surface area (Å²) < 4.78 is 5.32. The lowest BCUT2D eigenvalue weighted by molar-refractivity contribution is 0.432. The zero-order valence-electron chi connectivity index (χ0n) is 11.1. The van der Waals surface area contributed by atoms with Gasteiger partial charge in [0.1, 0.15) is 0 Å². The van der Waals surface area contributed by atoms with Gasteiger partial charge in [-0.15, -0.1) is 0 Å². The SMILES string of the molecule is Cc1ccc(N)cc1-c1nc(-c2ccc(Cl)c(Cl)c2)no1. The summed E-state index contributed by atoms with van der Waals surface area (Å²) >= 11 is 11.9. The topological polar surface area (TPSA) is 64.9 Å². The molecular weight excluding hydrogens is 309 g/mol. The Morgan fingerprint density at radius 3 is 2.62 bits per heavy atom. The highest BCUT2D eigenvalue weighted by Gasteiger charge is 2.13. The lowest BCUT2D eigenvalue weighted by Gasteiger charge is -2.01. The third-order valence-electron chi connectivity index (χ3n) is 3.10. The summed E-state index contributed by atoms with van der Waals surface area (Å²) in [5.41, 5.74) is 9.00. The predicted molar refractivity (Wildman–Crippen MR) is 84.3 cm³/mol. The van der Waals surface area contributed by atoms with Crippen LogP contribution in [0, 0.1) is 6.92 Å². The Balaban J connectivity index is 2.03. The summed E-state index contributed by atoms with van der Waals surface area (Å²) in [6, 6.07) is 10.7. The van der Waals surface area contributed by atoms with Crippen LogP contribution in [0.3, 0.4) is 0 Å². The van der Waals surface area contributed by atoms with E-state index in [2.05, 4.69) is 10.1 Å². The van der Waals surface area contributed by atoms with Gasteiger partial charge in [-0.1, -0.05) is 34.4 Å². The highest BCUT2D eigenvalue weighted by atomic mass is 35.5. The number of benzene rings is 2. The molecule has 2 N–H and O–H groups in total. The van der Waals surface area contributed by atoms with Gasteiger partial charge in [-0.25, -0.2) is 0 Å². The van der Waals surface area contributed by atoms with Crippen LogP contribution in [0.5, 0.6) is 0 Å². The molecule has 0 unspecified atom stereocenters. The highest BCUT2D eigenvalue weighted by Crippen LogP contribution is 2.29. The summed E-state index contributed by atoms with van der Waals surface area (Å²) in [4.78, 5) is 4.39. The summed E-state index contributed by atoms with van der Waals surface area (Å²) in [5.74, 6) is 0.867. The monoisotopic (exact) mass is 319 g/mol. The molecule has 3 aromatic rings. The second kappa shape index (κ2) is 5.39. The molecule has 21 heavy (non-hydrogen) atoms. The van der Waals surface area contributed by atoms with Crippen LogP contribution in [-0.2, 0) is 0 Å². The van der Waals surface area contributed by atoms with Crippen molar-refractivity contribution in [2.75, 3.05) is 5.73 Å². The molecule has 0 aliphatic heterocycles. The van der Waals surface area contributed by atoms with E-state index in [-0.39, 0.29) is 0 Å². The largest absolute Gasteiger partial charge is 0.399 e. The van der Waals surface area contributed by atoms with E-state index >= 15 is 0 Å². The smallest absolute Gasteiger partial charge is 0.258 e. The van der Waals surface area contributed by atoms with Crippen LogP contribution in [-0.4, -0.2) is 10.1 Å². The number of halogens is 2. The highest BCUT2D eigenvalue weighted by molar-refractivity contribution is 6.42. The van der Waals surface area contributed by atoms with Crippen molar-refractivity contribution in [1.29, 1.82) is 0 Å². The lowest BCUT2D eigenvalue weighted by Crippen LogP contribution is -1.89. The van der Waals surface area contributed by atoms with Crippen molar-refractivity contribution >= 4 is 28.9 Å². The Hall–Kier alpha value is -2.04. The van der Waals surface area contributed by atoms with Crippen molar-refractivity contribution in [3.05, 3.63) is 52.0 Å². The zero-order valence-corrected chi connectivity index (χ0v) is 12.6. The van der Waals surface area contributed by atoms with E-state index in [4.69, 9.17) is 33.5 Å². The molecule has 0 spiro atoms. The minimum atomic E-state index is 0.417. The van der Waals surface area contributed by atoms with Crippen molar-refractivity contribution in [2.45, 2.75) is 6.92 Å². The van der Waals surface area contributed by atoms with Crippen LogP contribution in [0.15, 0.2) is 40.9 Å². The van der Waals surface area contributed by atoms with E-state index in [0.717, 1.165) is 16.7 Å². The van der Waals surface area contributed by atoms with Gasteiger partial charge in [0.25, 0.3) is 5.89 Å². The van der Waals surface area contributed by atoms with Crippen LogP contribution in [0.4, 0.5) is 5.69 Å². The minimum absolute atomic E-state index is 0.417. The molecule has 4 nitrogen and oxygen atoms in total. The second-order valence-corrected chi connectivity index (χ2v) is 5.44. The van der Waals surface area contributed by atoms with Gasteiger partial charge in [-0.05, 0) is 42.8 Å². The maximum Gasteiger partial charge on any atom is 0.258 e. The van der Waals surface area contributed by atoms with Crippen LogP contribution < -0.4 is 5.73 Å².